The molecule has 2 aromatic carbocycles. The number of hydrogen-bond donors (Lipinski definition) is 0. The van der Waals surface area contributed by atoms with Crippen LogP contribution in [0.4, 0.5) is 5.69 Å². The minimum Gasteiger partial charge on any atom is -0.496 e. The van der Waals surface area contributed by atoms with Crippen molar-refractivity contribution >= 4 is 17.3 Å². The van der Waals surface area contributed by atoms with Crippen molar-refractivity contribution < 1.29 is 4.74 Å². The van der Waals surface area contributed by atoms with Gasteiger partial charge in [-0.2, -0.15) is 10.5 Å². The maximum atomic E-state index is 9.27. The zero-order valence-electron chi connectivity index (χ0n) is 12.3. The minimum absolute atomic E-state index is 0.461. The molecule has 22 heavy (non-hydrogen) atoms. The summed E-state index contributed by atoms with van der Waals surface area (Å²) in [5.41, 5.74) is 2.41. The summed E-state index contributed by atoms with van der Waals surface area (Å²) < 4.78 is 5.33. The number of rotatable bonds is 4. The molecule has 0 bridgehead atoms. The van der Waals surface area contributed by atoms with Gasteiger partial charge in [-0.3, -0.25) is 0 Å². The van der Waals surface area contributed by atoms with Crippen LogP contribution in [0.25, 0.3) is 0 Å². The van der Waals surface area contributed by atoms with Crippen molar-refractivity contribution in [2.24, 2.45) is 0 Å². The number of anilines is 1. The molecule has 2 rings (SSSR count). The summed E-state index contributed by atoms with van der Waals surface area (Å²) in [6.45, 7) is 0.469. The molecule has 0 aliphatic heterocycles. The summed E-state index contributed by atoms with van der Waals surface area (Å²) >= 11 is 6.04. The maximum Gasteiger partial charge on any atom is 0.123 e. The Balaban J connectivity index is 2.43. The molecule has 0 N–H and O–H groups in total. The molecule has 0 atom stereocenters. The average Bonchev–Trinajstić information content (AvgIpc) is 2.54. The summed E-state index contributed by atoms with van der Waals surface area (Å²) in [5, 5.41) is 19.1. The lowest BCUT2D eigenvalue weighted by Crippen LogP contribution is -2.19. The minimum atomic E-state index is 0.461. The summed E-state index contributed by atoms with van der Waals surface area (Å²) in [5.74, 6) is 0.712. The highest BCUT2D eigenvalue weighted by Crippen LogP contribution is 2.29. The zero-order valence-corrected chi connectivity index (χ0v) is 13.1. The Labute approximate surface area is 134 Å². The van der Waals surface area contributed by atoms with Gasteiger partial charge >= 0.3 is 0 Å². The van der Waals surface area contributed by atoms with Gasteiger partial charge in [0.25, 0.3) is 0 Å². The zero-order chi connectivity index (χ0) is 16.1. The normalized spacial score (nSPS) is 9.68. The monoisotopic (exact) mass is 311 g/mol. The van der Waals surface area contributed by atoms with Crippen LogP contribution >= 0.6 is 11.6 Å². The number of benzene rings is 2. The van der Waals surface area contributed by atoms with Crippen LogP contribution in [-0.4, -0.2) is 14.2 Å². The third-order valence-corrected chi connectivity index (χ3v) is 3.54. The van der Waals surface area contributed by atoms with Crippen LogP contribution in [-0.2, 0) is 6.54 Å². The number of para-hydroxylation sites is 1. The van der Waals surface area contributed by atoms with Gasteiger partial charge in [0.1, 0.15) is 17.9 Å². The van der Waals surface area contributed by atoms with E-state index in [1.165, 1.54) is 0 Å². The van der Waals surface area contributed by atoms with Gasteiger partial charge < -0.3 is 9.64 Å². The fourth-order valence-electron chi connectivity index (χ4n) is 2.34. The van der Waals surface area contributed by atoms with E-state index < -0.39 is 0 Å². The second-order valence-corrected chi connectivity index (χ2v) is 5.17. The molecule has 0 spiro atoms. The highest BCUT2D eigenvalue weighted by molar-refractivity contribution is 6.30. The molecule has 110 valence electrons. The number of halogens is 1. The van der Waals surface area contributed by atoms with Gasteiger partial charge in [0.05, 0.1) is 23.9 Å². The van der Waals surface area contributed by atoms with Crippen LogP contribution in [0.5, 0.6) is 5.75 Å². The van der Waals surface area contributed by atoms with Crippen molar-refractivity contribution in [1.29, 1.82) is 10.5 Å². The molecule has 0 aliphatic rings. The van der Waals surface area contributed by atoms with Crippen LogP contribution in [0.15, 0.2) is 36.4 Å². The van der Waals surface area contributed by atoms with Crippen molar-refractivity contribution in [2.75, 3.05) is 19.1 Å². The van der Waals surface area contributed by atoms with E-state index in [-0.39, 0.29) is 0 Å². The summed E-state index contributed by atoms with van der Waals surface area (Å²) in [6, 6.07) is 14.7. The first kappa shape index (κ1) is 15.7. The van der Waals surface area contributed by atoms with Crippen LogP contribution < -0.4 is 9.64 Å². The van der Waals surface area contributed by atoms with E-state index >= 15 is 0 Å². The number of hydrogen-bond acceptors (Lipinski definition) is 4. The first-order valence-electron chi connectivity index (χ1n) is 6.57. The predicted molar refractivity (Wildman–Crippen MR) is 86.0 cm³/mol. The molecule has 0 saturated heterocycles. The molecule has 0 unspecified atom stereocenters. The lowest BCUT2D eigenvalue weighted by Gasteiger charge is -2.23. The second-order valence-electron chi connectivity index (χ2n) is 4.74. The van der Waals surface area contributed by atoms with Crippen molar-refractivity contribution in [3.63, 3.8) is 0 Å². The molecule has 0 heterocycles. The van der Waals surface area contributed by atoms with E-state index in [0.29, 0.717) is 34.1 Å². The summed E-state index contributed by atoms with van der Waals surface area (Å²) in [7, 11) is 3.42. The average molecular weight is 312 g/mol. The summed E-state index contributed by atoms with van der Waals surface area (Å²) in [6.07, 6.45) is 0. The van der Waals surface area contributed by atoms with Crippen molar-refractivity contribution in [2.45, 2.75) is 6.54 Å². The van der Waals surface area contributed by atoms with Crippen LogP contribution in [0.2, 0.25) is 5.02 Å². The number of nitrogens with zero attached hydrogens (tertiary/aromatic N) is 3. The molecular formula is C17H14ClN3O. The summed E-state index contributed by atoms with van der Waals surface area (Å²) in [4.78, 5) is 1.85. The quantitative estimate of drug-likeness (QED) is 0.863. The molecular weight excluding hydrogens is 298 g/mol. The van der Waals surface area contributed by atoms with Crippen LogP contribution in [0.3, 0.4) is 0 Å². The Kier molecular flexibility index (Phi) is 4.88. The van der Waals surface area contributed by atoms with E-state index in [1.807, 2.05) is 18.0 Å². The van der Waals surface area contributed by atoms with Crippen LogP contribution in [0, 0.1) is 22.7 Å². The van der Waals surface area contributed by atoms with Gasteiger partial charge in [-0.15, -0.1) is 0 Å². The molecule has 0 amide bonds. The fourth-order valence-corrected chi connectivity index (χ4v) is 2.54. The van der Waals surface area contributed by atoms with Gasteiger partial charge in [-0.1, -0.05) is 17.7 Å². The molecule has 0 aromatic heterocycles. The molecule has 0 aliphatic carbocycles. The standard InChI is InChI=1S/C17H14ClN3O/c1-21(11-14-8-15(18)6-7-16(14)22-2)17-12(9-19)4-3-5-13(17)10-20/h3-8H,11H2,1-2H3. The van der Waals surface area contributed by atoms with Gasteiger partial charge in [0.2, 0.25) is 0 Å². The second kappa shape index (κ2) is 6.85. The van der Waals surface area contributed by atoms with E-state index in [9.17, 15) is 10.5 Å². The van der Waals surface area contributed by atoms with E-state index in [1.54, 1.807) is 37.4 Å². The highest BCUT2D eigenvalue weighted by Gasteiger charge is 2.15. The Bertz CT molecular complexity index is 742. The SMILES string of the molecule is COc1ccc(Cl)cc1CN(C)c1c(C#N)cccc1C#N. The molecule has 4 nitrogen and oxygen atoms in total. The van der Waals surface area contributed by atoms with Gasteiger partial charge in [-0.25, -0.2) is 0 Å². The molecule has 0 saturated carbocycles. The van der Waals surface area contributed by atoms with Gasteiger partial charge in [-0.05, 0) is 30.3 Å². The number of methoxy groups -OCH3 is 1. The largest absolute Gasteiger partial charge is 0.496 e. The first-order chi connectivity index (χ1) is 10.6. The topological polar surface area (TPSA) is 60.0 Å². The predicted octanol–water partition coefficient (Wildman–Crippen LogP) is 3.73. The lowest BCUT2D eigenvalue weighted by atomic mass is 10.1. The first-order valence-corrected chi connectivity index (χ1v) is 6.95. The van der Waals surface area contributed by atoms with E-state index in [2.05, 4.69) is 12.1 Å². The molecule has 0 radical (unpaired) electrons. The lowest BCUT2D eigenvalue weighted by molar-refractivity contribution is 0.409. The Morgan fingerprint density at radius 3 is 2.32 bits per heavy atom. The Morgan fingerprint density at radius 2 is 1.77 bits per heavy atom. The third kappa shape index (κ3) is 3.14. The molecule has 2 aromatic rings. The smallest absolute Gasteiger partial charge is 0.123 e. The van der Waals surface area contributed by atoms with Crippen molar-refractivity contribution in [1.82, 2.24) is 0 Å². The van der Waals surface area contributed by atoms with E-state index in [4.69, 9.17) is 16.3 Å². The Hall–Kier alpha value is -2.69. The number of nitriles is 2. The Morgan fingerprint density at radius 1 is 1.14 bits per heavy atom. The van der Waals surface area contributed by atoms with Crippen molar-refractivity contribution in [3.8, 4) is 17.9 Å². The fraction of sp³-hybridized carbons (Fsp3) is 0.176. The number of ether oxygens (including phenoxy) is 1. The highest BCUT2D eigenvalue weighted by atomic mass is 35.5. The van der Waals surface area contributed by atoms with E-state index in [0.717, 1.165) is 5.56 Å². The van der Waals surface area contributed by atoms with Crippen molar-refractivity contribution in [3.05, 3.63) is 58.1 Å². The van der Waals surface area contributed by atoms with Gasteiger partial charge in [0.15, 0.2) is 0 Å². The van der Waals surface area contributed by atoms with Gasteiger partial charge in [0, 0.05) is 24.2 Å². The molecule has 0 fully saturated rings. The van der Waals surface area contributed by atoms with Crippen LogP contribution in [0.1, 0.15) is 16.7 Å². The third-order valence-electron chi connectivity index (χ3n) is 3.31. The maximum absolute atomic E-state index is 9.27. The molecule has 5 heteroatoms.